The van der Waals surface area contributed by atoms with Gasteiger partial charge < -0.3 is 9.88 Å². The highest BCUT2D eigenvalue weighted by molar-refractivity contribution is 5.27. The summed E-state index contributed by atoms with van der Waals surface area (Å²) in [6, 6.07) is 2.30. The van der Waals surface area contributed by atoms with Gasteiger partial charge in [-0.05, 0) is 26.8 Å². The van der Waals surface area contributed by atoms with Gasteiger partial charge in [0.2, 0.25) is 5.95 Å². The zero-order valence-corrected chi connectivity index (χ0v) is 10.4. The molecule has 2 aromatic heterocycles. The summed E-state index contributed by atoms with van der Waals surface area (Å²) in [5.74, 6) is 1.66. The Bertz CT molecular complexity index is 489. The standard InChI is InChI=1S/C12H17N5/c1-9(2)17-7-6-14-12(17)15-8-11-4-5-13-10(3)16-11/h4-7,9H,8H2,1-3H3,(H,14,15). The second-order valence-electron chi connectivity index (χ2n) is 4.20. The first-order chi connectivity index (χ1) is 8.16. The average molecular weight is 231 g/mol. The molecule has 90 valence electrons. The number of anilines is 1. The zero-order chi connectivity index (χ0) is 12.3. The number of aromatic nitrogens is 4. The van der Waals surface area contributed by atoms with Crippen LogP contribution < -0.4 is 5.32 Å². The summed E-state index contributed by atoms with van der Waals surface area (Å²) in [7, 11) is 0. The largest absolute Gasteiger partial charge is 0.350 e. The fourth-order valence-electron chi connectivity index (χ4n) is 1.64. The van der Waals surface area contributed by atoms with Crippen LogP contribution in [0.3, 0.4) is 0 Å². The second-order valence-corrected chi connectivity index (χ2v) is 4.20. The van der Waals surface area contributed by atoms with Crippen LogP contribution in [0.5, 0.6) is 0 Å². The van der Waals surface area contributed by atoms with Gasteiger partial charge in [-0.1, -0.05) is 0 Å². The maximum atomic E-state index is 4.34. The lowest BCUT2D eigenvalue weighted by atomic mass is 10.4. The molecule has 0 aliphatic rings. The summed E-state index contributed by atoms with van der Waals surface area (Å²) in [5.41, 5.74) is 0.968. The zero-order valence-electron chi connectivity index (χ0n) is 10.4. The quantitative estimate of drug-likeness (QED) is 0.876. The third-order valence-electron chi connectivity index (χ3n) is 2.49. The van der Waals surface area contributed by atoms with Crippen molar-refractivity contribution < 1.29 is 0 Å². The van der Waals surface area contributed by atoms with Gasteiger partial charge in [0.05, 0.1) is 12.2 Å². The Hall–Kier alpha value is -1.91. The van der Waals surface area contributed by atoms with Crippen molar-refractivity contribution in [3.05, 3.63) is 36.2 Å². The average Bonchev–Trinajstić information content (AvgIpc) is 2.74. The van der Waals surface area contributed by atoms with Crippen molar-refractivity contribution in [3.8, 4) is 0 Å². The molecule has 2 rings (SSSR count). The molecule has 0 amide bonds. The van der Waals surface area contributed by atoms with Crippen molar-refractivity contribution in [2.75, 3.05) is 5.32 Å². The lowest BCUT2D eigenvalue weighted by Crippen LogP contribution is -2.10. The lowest BCUT2D eigenvalue weighted by molar-refractivity contribution is 0.604. The first kappa shape index (κ1) is 11.6. The van der Waals surface area contributed by atoms with Crippen molar-refractivity contribution in [1.29, 1.82) is 0 Å². The molecule has 1 N–H and O–H groups in total. The number of rotatable bonds is 4. The first-order valence-electron chi connectivity index (χ1n) is 5.72. The molecule has 0 atom stereocenters. The maximum absolute atomic E-state index is 4.34. The van der Waals surface area contributed by atoms with Crippen molar-refractivity contribution in [1.82, 2.24) is 19.5 Å². The smallest absolute Gasteiger partial charge is 0.203 e. The fourth-order valence-corrected chi connectivity index (χ4v) is 1.64. The van der Waals surface area contributed by atoms with Crippen molar-refractivity contribution in [3.63, 3.8) is 0 Å². The summed E-state index contributed by atoms with van der Waals surface area (Å²) in [6.45, 7) is 6.80. The third-order valence-corrected chi connectivity index (χ3v) is 2.49. The molecule has 0 saturated heterocycles. The highest BCUT2D eigenvalue weighted by atomic mass is 15.2. The number of nitrogens with one attached hydrogen (secondary N) is 1. The van der Waals surface area contributed by atoms with E-state index in [2.05, 4.69) is 38.7 Å². The molecule has 2 aromatic rings. The van der Waals surface area contributed by atoms with Gasteiger partial charge in [0.1, 0.15) is 5.82 Å². The Morgan fingerprint density at radius 1 is 1.29 bits per heavy atom. The van der Waals surface area contributed by atoms with Gasteiger partial charge in [0, 0.05) is 24.6 Å². The Kier molecular flexibility index (Phi) is 3.37. The molecular weight excluding hydrogens is 214 g/mol. The van der Waals surface area contributed by atoms with Crippen molar-refractivity contribution >= 4 is 5.95 Å². The van der Waals surface area contributed by atoms with E-state index in [0.717, 1.165) is 17.5 Å². The molecule has 0 aliphatic carbocycles. The summed E-state index contributed by atoms with van der Waals surface area (Å²) in [4.78, 5) is 12.7. The molecular formula is C12H17N5. The molecule has 17 heavy (non-hydrogen) atoms. The van der Waals surface area contributed by atoms with Gasteiger partial charge in [-0.2, -0.15) is 0 Å². The molecule has 0 bridgehead atoms. The number of imidazole rings is 1. The van der Waals surface area contributed by atoms with E-state index in [9.17, 15) is 0 Å². The minimum Gasteiger partial charge on any atom is -0.350 e. The van der Waals surface area contributed by atoms with E-state index in [4.69, 9.17) is 0 Å². The molecule has 0 radical (unpaired) electrons. The van der Waals surface area contributed by atoms with E-state index in [1.165, 1.54) is 0 Å². The van der Waals surface area contributed by atoms with Gasteiger partial charge in [-0.15, -0.1) is 0 Å². The predicted octanol–water partition coefficient (Wildman–Crippen LogP) is 2.17. The molecule has 0 spiro atoms. The predicted molar refractivity (Wildman–Crippen MR) is 66.7 cm³/mol. The molecule has 0 aliphatic heterocycles. The van der Waals surface area contributed by atoms with Crippen molar-refractivity contribution in [2.45, 2.75) is 33.4 Å². The van der Waals surface area contributed by atoms with Crippen LogP contribution in [0.25, 0.3) is 0 Å². The number of nitrogens with zero attached hydrogens (tertiary/aromatic N) is 4. The van der Waals surface area contributed by atoms with Crippen LogP contribution in [0, 0.1) is 6.92 Å². The van der Waals surface area contributed by atoms with Crippen molar-refractivity contribution in [2.24, 2.45) is 0 Å². The van der Waals surface area contributed by atoms with E-state index in [0.29, 0.717) is 12.6 Å². The van der Waals surface area contributed by atoms with Gasteiger partial charge in [-0.3, -0.25) is 0 Å². The monoisotopic (exact) mass is 231 g/mol. The topological polar surface area (TPSA) is 55.6 Å². The van der Waals surface area contributed by atoms with Gasteiger partial charge in [0.25, 0.3) is 0 Å². The number of hydrogen-bond acceptors (Lipinski definition) is 4. The van der Waals surface area contributed by atoms with Crippen LogP contribution in [-0.4, -0.2) is 19.5 Å². The molecule has 0 saturated carbocycles. The van der Waals surface area contributed by atoms with E-state index >= 15 is 0 Å². The van der Waals surface area contributed by atoms with E-state index in [-0.39, 0.29) is 0 Å². The molecule has 0 aromatic carbocycles. The van der Waals surface area contributed by atoms with Gasteiger partial charge >= 0.3 is 0 Å². The molecule has 5 nitrogen and oxygen atoms in total. The Labute approximate surface area is 101 Å². The fraction of sp³-hybridized carbons (Fsp3) is 0.417. The van der Waals surface area contributed by atoms with Crippen LogP contribution in [0.2, 0.25) is 0 Å². The summed E-state index contributed by atoms with van der Waals surface area (Å²) < 4.78 is 2.09. The highest BCUT2D eigenvalue weighted by Crippen LogP contribution is 2.12. The van der Waals surface area contributed by atoms with E-state index < -0.39 is 0 Å². The molecule has 0 fully saturated rings. The minimum absolute atomic E-state index is 0.395. The third kappa shape index (κ3) is 2.81. The van der Waals surface area contributed by atoms with Crippen LogP contribution in [0.4, 0.5) is 5.95 Å². The lowest BCUT2D eigenvalue weighted by Gasteiger charge is -2.12. The van der Waals surface area contributed by atoms with Crippen LogP contribution in [0.15, 0.2) is 24.7 Å². The maximum Gasteiger partial charge on any atom is 0.203 e. The highest BCUT2D eigenvalue weighted by Gasteiger charge is 2.05. The molecule has 0 unspecified atom stereocenters. The Balaban J connectivity index is 2.05. The van der Waals surface area contributed by atoms with Crippen LogP contribution in [-0.2, 0) is 6.54 Å². The first-order valence-corrected chi connectivity index (χ1v) is 5.72. The summed E-state index contributed by atoms with van der Waals surface area (Å²) in [6.07, 6.45) is 5.54. The minimum atomic E-state index is 0.395. The Morgan fingerprint density at radius 3 is 2.82 bits per heavy atom. The van der Waals surface area contributed by atoms with Gasteiger partial charge in [0.15, 0.2) is 0 Å². The van der Waals surface area contributed by atoms with E-state index in [1.807, 2.05) is 19.2 Å². The second kappa shape index (κ2) is 4.95. The summed E-state index contributed by atoms with van der Waals surface area (Å²) >= 11 is 0. The number of hydrogen-bond donors (Lipinski definition) is 1. The summed E-state index contributed by atoms with van der Waals surface area (Å²) in [5, 5.41) is 3.28. The van der Waals surface area contributed by atoms with Crippen LogP contribution >= 0.6 is 0 Å². The molecule has 5 heteroatoms. The van der Waals surface area contributed by atoms with Crippen LogP contribution in [0.1, 0.15) is 31.4 Å². The van der Waals surface area contributed by atoms with Gasteiger partial charge in [-0.25, -0.2) is 15.0 Å². The van der Waals surface area contributed by atoms with E-state index in [1.54, 1.807) is 12.4 Å². The molecule has 2 heterocycles. The SMILES string of the molecule is Cc1nccc(CNc2nccn2C(C)C)n1. The normalized spacial score (nSPS) is 10.8. The Morgan fingerprint density at radius 2 is 2.12 bits per heavy atom. The number of aryl methyl sites for hydroxylation is 1.